The molecule has 16 heavy (non-hydrogen) atoms. The molecule has 2 aromatic rings. The molecule has 3 nitrogen and oxygen atoms in total. The van der Waals surface area contributed by atoms with Crippen LogP contribution in [0.2, 0.25) is 0 Å². The van der Waals surface area contributed by atoms with Gasteiger partial charge in [-0.25, -0.2) is 9.37 Å². The van der Waals surface area contributed by atoms with Crippen LogP contribution in [0.3, 0.4) is 0 Å². The molecule has 0 spiro atoms. The Morgan fingerprint density at radius 1 is 1.31 bits per heavy atom. The van der Waals surface area contributed by atoms with Gasteiger partial charge in [-0.2, -0.15) is 0 Å². The average Bonchev–Trinajstić information content (AvgIpc) is 2.84. The SMILES string of the molecule is NC1(c2ncc(-c3ccccc3F)[nH]2)CC1. The Morgan fingerprint density at radius 3 is 2.75 bits per heavy atom. The van der Waals surface area contributed by atoms with Crippen molar-refractivity contribution < 1.29 is 4.39 Å². The first-order valence-electron chi connectivity index (χ1n) is 5.28. The van der Waals surface area contributed by atoms with Crippen molar-refractivity contribution in [2.75, 3.05) is 0 Å². The van der Waals surface area contributed by atoms with Crippen LogP contribution in [0, 0.1) is 5.82 Å². The van der Waals surface area contributed by atoms with Gasteiger partial charge in [-0.1, -0.05) is 12.1 Å². The van der Waals surface area contributed by atoms with Gasteiger partial charge < -0.3 is 10.7 Å². The number of aromatic nitrogens is 2. The molecule has 0 aliphatic heterocycles. The van der Waals surface area contributed by atoms with Gasteiger partial charge in [0.25, 0.3) is 0 Å². The van der Waals surface area contributed by atoms with E-state index in [2.05, 4.69) is 9.97 Å². The molecule has 82 valence electrons. The highest BCUT2D eigenvalue weighted by Gasteiger charge is 2.42. The number of nitrogens with one attached hydrogen (secondary N) is 1. The Morgan fingerprint density at radius 2 is 2.06 bits per heavy atom. The van der Waals surface area contributed by atoms with Gasteiger partial charge in [-0.3, -0.25) is 0 Å². The molecule has 1 aromatic carbocycles. The average molecular weight is 217 g/mol. The fourth-order valence-electron chi connectivity index (χ4n) is 1.76. The lowest BCUT2D eigenvalue weighted by molar-refractivity contribution is 0.630. The van der Waals surface area contributed by atoms with Crippen LogP contribution in [-0.2, 0) is 5.54 Å². The smallest absolute Gasteiger partial charge is 0.132 e. The summed E-state index contributed by atoms with van der Waals surface area (Å²) in [6.45, 7) is 0. The topological polar surface area (TPSA) is 54.7 Å². The standard InChI is InChI=1S/C12H12FN3/c13-9-4-2-1-3-8(9)10-7-15-11(16-10)12(14)5-6-12/h1-4,7H,5-6,14H2,(H,15,16). The Labute approximate surface area is 92.5 Å². The van der Waals surface area contributed by atoms with Crippen molar-refractivity contribution in [2.45, 2.75) is 18.4 Å². The number of nitrogens with zero attached hydrogens (tertiary/aromatic N) is 1. The molecule has 1 fully saturated rings. The predicted octanol–water partition coefficient (Wildman–Crippen LogP) is 2.16. The number of H-pyrrole nitrogens is 1. The molecule has 0 bridgehead atoms. The molecule has 0 unspecified atom stereocenters. The zero-order chi connectivity index (χ0) is 11.2. The lowest BCUT2D eigenvalue weighted by Crippen LogP contribution is -2.20. The van der Waals surface area contributed by atoms with E-state index >= 15 is 0 Å². The van der Waals surface area contributed by atoms with Crippen molar-refractivity contribution in [3.8, 4) is 11.3 Å². The van der Waals surface area contributed by atoms with Crippen molar-refractivity contribution in [1.82, 2.24) is 9.97 Å². The van der Waals surface area contributed by atoms with Crippen LogP contribution in [0.15, 0.2) is 30.5 Å². The van der Waals surface area contributed by atoms with Crippen LogP contribution in [0.1, 0.15) is 18.7 Å². The van der Waals surface area contributed by atoms with E-state index in [4.69, 9.17) is 5.73 Å². The van der Waals surface area contributed by atoms with E-state index in [0.717, 1.165) is 18.7 Å². The second-order valence-corrected chi connectivity index (χ2v) is 4.28. The lowest BCUT2D eigenvalue weighted by Gasteiger charge is -2.03. The number of imidazole rings is 1. The van der Waals surface area contributed by atoms with Crippen LogP contribution in [-0.4, -0.2) is 9.97 Å². The quantitative estimate of drug-likeness (QED) is 0.809. The summed E-state index contributed by atoms with van der Waals surface area (Å²) >= 11 is 0. The number of hydrogen-bond donors (Lipinski definition) is 2. The second kappa shape index (κ2) is 3.15. The monoisotopic (exact) mass is 217 g/mol. The van der Waals surface area contributed by atoms with Gasteiger partial charge in [-0.15, -0.1) is 0 Å². The summed E-state index contributed by atoms with van der Waals surface area (Å²) in [5, 5.41) is 0. The first-order chi connectivity index (χ1) is 7.69. The molecule has 1 heterocycles. The Bertz CT molecular complexity index is 529. The second-order valence-electron chi connectivity index (χ2n) is 4.28. The number of benzene rings is 1. The molecular weight excluding hydrogens is 205 g/mol. The summed E-state index contributed by atoms with van der Waals surface area (Å²) < 4.78 is 13.5. The number of aromatic amines is 1. The zero-order valence-electron chi connectivity index (χ0n) is 8.70. The van der Waals surface area contributed by atoms with E-state index in [0.29, 0.717) is 11.3 Å². The number of halogens is 1. The largest absolute Gasteiger partial charge is 0.340 e. The Kier molecular flexibility index (Phi) is 1.88. The van der Waals surface area contributed by atoms with E-state index in [-0.39, 0.29) is 11.4 Å². The van der Waals surface area contributed by atoms with Crippen LogP contribution in [0.25, 0.3) is 11.3 Å². The molecule has 1 aromatic heterocycles. The minimum absolute atomic E-state index is 0.250. The fourth-order valence-corrected chi connectivity index (χ4v) is 1.76. The molecule has 0 atom stereocenters. The third-order valence-corrected chi connectivity index (χ3v) is 3.00. The Hall–Kier alpha value is -1.68. The van der Waals surface area contributed by atoms with E-state index in [9.17, 15) is 4.39 Å². The fraction of sp³-hybridized carbons (Fsp3) is 0.250. The summed E-state index contributed by atoms with van der Waals surface area (Å²) in [4.78, 5) is 7.32. The lowest BCUT2D eigenvalue weighted by atomic mass is 10.1. The first-order valence-corrected chi connectivity index (χ1v) is 5.28. The third-order valence-electron chi connectivity index (χ3n) is 3.00. The molecule has 1 aliphatic carbocycles. The van der Waals surface area contributed by atoms with E-state index in [1.54, 1.807) is 24.4 Å². The summed E-state index contributed by atoms with van der Waals surface area (Å²) in [5.74, 6) is 0.505. The Balaban J connectivity index is 2.02. The van der Waals surface area contributed by atoms with E-state index in [1.807, 2.05) is 0 Å². The summed E-state index contributed by atoms with van der Waals surface area (Å²) in [7, 11) is 0. The van der Waals surface area contributed by atoms with Crippen molar-refractivity contribution in [3.05, 3.63) is 42.1 Å². The minimum Gasteiger partial charge on any atom is -0.340 e. The van der Waals surface area contributed by atoms with Gasteiger partial charge in [0.15, 0.2) is 0 Å². The normalized spacial score (nSPS) is 17.4. The molecule has 0 radical (unpaired) electrons. The molecule has 3 rings (SSSR count). The minimum atomic E-state index is -0.302. The molecule has 3 N–H and O–H groups in total. The molecular formula is C12H12FN3. The molecule has 1 aliphatic rings. The molecule has 1 saturated carbocycles. The third kappa shape index (κ3) is 1.42. The summed E-state index contributed by atoms with van der Waals surface area (Å²) in [6.07, 6.45) is 3.52. The highest BCUT2D eigenvalue weighted by atomic mass is 19.1. The maximum absolute atomic E-state index is 13.5. The van der Waals surface area contributed by atoms with Gasteiger partial charge in [0, 0.05) is 5.56 Å². The van der Waals surface area contributed by atoms with Gasteiger partial charge >= 0.3 is 0 Å². The van der Waals surface area contributed by atoms with Crippen LogP contribution in [0.4, 0.5) is 4.39 Å². The number of hydrogen-bond acceptors (Lipinski definition) is 2. The highest BCUT2D eigenvalue weighted by Crippen LogP contribution is 2.41. The van der Waals surface area contributed by atoms with Gasteiger partial charge in [-0.05, 0) is 25.0 Å². The van der Waals surface area contributed by atoms with E-state index < -0.39 is 0 Å². The van der Waals surface area contributed by atoms with Gasteiger partial charge in [0.2, 0.25) is 0 Å². The van der Waals surface area contributed by atoms with Gasteiger partial charge in [0.05, 0.1) is 17.4 Å². The summed E-state index contributed by atoms with van der Waals surface area (Å²) in [5.41, 5.74) is 6.93. The van der Waals surface area contributed by atoms with Crippen LogP contribution >= 0.6 is 0 Å². The number of nitrogens with two attached hydrogens (primary N) is 1. The van der Waals surface area contributed by atoms with Crippen molar-refractivity contribution in [2.24, 2.45) is 5.73 Å². The van der Waals surface area contributed by atoms with E-state index in [1.165, 1.54) is 6.07 Å². The molecule has 0 amide bonds. The van der Waals surface area contributed by atoms with Gasteiger partial charge in [0.1, 0.15) is 11.6 Å². The highest BCUT2D eigenvalue weighted by molar-refractivity contribution is 5.59. The maximum Gasteiger partial charge on any atom is 0.132 e. The first kappa shape index (κ1) is 9.54. The molecule has 4 heteroatoms. The van der Waals surface area contributed by atoms with Crippen molar-refractivity contribution in [3.63, 3.8) is 0 Å². The van der Waals surface area contributed by atoms with Crippen molar-refractivity contribution >= 4 is 0 Å². The summed E-state index contributed by atoms with van der Waals surface area (Å²) in [6, 6.07) is 6.63. The number of rotatable bonds is 2. The zero-order valence-corrected chi connectivity index (χ0v) is 8.70. The predicted molar refractivity (Wildman–Crippen MR) is 59.1 cm³/mol. The molecule has 0 saturated heterocycles. The van der Waals surface area contributed by atoms with Crippen LogP contribution in [0.5, 0.6) is 0 Å². The van der Waals surface area contributed by atoms with Crippen LogP contribution < -0.4 is 5.73 Å². The maximum atomic E-state index is 13.5. The van der Waals surface area contributed by atoms with Crippen molar-refractivity contribution in [1.29, 1.82) is 0 Å².